The van der Waals surface area contributed by atoms with Gasteiger partial charge in [0.25, 0.3) is 5.91 Å². The highest BCUT2D eigenvalue weighted by Gasteiger charge is 2.27. The summed E-state index contributed by atoms with van der Waals surface area (Å²) >= 11 is 0. The van der Waals surface area contributed by atoms with E-state index >= 15 is 0 Å². The lowest BCUT2D eigenvalue weighted by atomic mass is 10.1. The molecule has 0 unspecified atom stereocenters. The number of hydrogen-bond acceptors (Lipinski definition) is 3. The molecule has 0 aliphatic carbocycles. The Hall–Kier alpha value is -3.93. The van der Waals surface area contributed by atoms with Crippen molar-refractivity contribution in [3.8, 4) is 17.3 Å². The van der Waals surface area contributed by atoms with Crippen LogP contribution in [0.25, 0.3) is 5.69 Å². The number of hydrogen-bond donors (Lipinski definition) is 0. The normalized spacial score (nSPS) is 11.0. The molecule has 0 bridgehead atoms. The van der Waals surface area contributed by atoms with Gasteiger partial charge in [-0.25, -0.2) is 9.07 Å². The summed E-state index contributed by atoms with van der Waals surface area (Å²) < 4.78 is 22.5. The van der Waals surface area contributed by atoms with E-state index in [0.29, 0.717) is 11.6 Å². The van der Waals surface area contributed by atoms with E-state index in [9.17, 15) is 9.18 Å². The SMILES string of the molecule is Cc1cccc(Oc2c(CN(C(=O)c3ccccc3F)C(C)C)c(C)nn2-c2ccccc2)c1. The quantitative estimate of drug-likeness (QED) is 0.319. The van der Waals surface area contributed by atoms with Gasteiger partial charge in [0.15, 0.2) is 0 Å². The molecular formula is C28H28FN3O2. The molecule has 34 heavy (non-hydrogen) atoms. The van der Waals surface area contributed by atoms with Crippen molar-refractivity contribution < 1.29 is 13.9 Å². The number of ether oxygens (including phenoxy) is 1. The Morgan fingerprint density at radius 2 is 1.71 bits per heavy atom. The summed E-state index contributed by atoms with van der Waals surface area (Å²) in [7, 11) is 0. The number of benzene rings is 3. The van der Waals surface area contributed by atoms with Crippen molar-refractivity contribution in [3.63, 3.8) is 0 Å². The first-order chi connectivity index (χ1) is 16.3. The van der Waals surface area contributed by atoms with Crippen LogP contribution in [0.3, 0.4) is 0 Å². The lowest BCUT2D eigenvalue weighted by Crippen LogP contribution is -2.37. The molecule has 6 heteroatoms. The highest BCUT2D eigenvalue weighted by atomic mass is 19.1. The first-order valence-corrected chi connectivity index (χ1v) is 11.3. The summed E-state index contributed by atoms with van der Waals surface area (Å²) in [4.78, 5) is 15.0. The molecule has 0 spiro atoms. The predicted octanol–water partition coefficient (Wildman–Crippen LogP) is 6.47. The van der Waals surface area contributed by atoms with Gasteiger partial charge >= 0.3 is 0 Å². The van der Waals surface area contributed by atoms with Crippen molar-refractivity contribution in [2.24, 2.45) is 0 Å². The zero-order chi connectivity index (χ0) is 24.2. The van der Waals surface area contributed by atoms with Crippen molar-refractivity contribution in [3.05, 3.63) is 107 Å². The van der Waals surface area contributed by atoms with Gasteiger partial charge in [0.2, 0.25) is 5.88 Å². The van der Waals surface area contributed by atoms with Crippen LogP contribution in [0.5, 0.6) is 11.6 Å². The smallest absolute Gasteiger partial charge is 0.257 e. The van der Waals surface area contributed by atoms with Gasteiger partial charge in [-0.1, -0.05) is 42.5 Å². The van der Waals surface area contributed by atoms with E-state index < -0.39 is 5.82 Å². The number of aryl methyl sites for hydroxylation is 2. The lowest BCUT2D eigenvalue weighted by molar-refractivity contribution is 0.0684. The average molecular weight is 458 g/mol. The highest BCUT2D eigenvalue weighted by molar-refractivity contribution is 5.94. The maximum atomic E-state index is 14.4. The summed E-state index contributed by atoms with van der Waals surface area (Å²) in [5, 5.41) is 4.74. The molecule has 0 radical (unpaired) electrons. The average Bonchev–Trinajstić information content (AvgIpc) is 3.12. The summed E-state index contributed by atoms with van der Waals surface area (Å²) in [5.41, 5.74) is 3.46. The number of rotatable bonds is 7. The van der Waals surface area contributed by atoms with E-state index in [-0.39, 0.29) is 24.1 Å². The molecule has 0 fully saturated rings. The van der Waals surface area contributed by atoms with E-state index in [2.05, 4.69) is 0 Å². The molecule has 174 valence electrons. The van der Waals surface area contributed by atoms with E-state index in [0.717, 1.165) is 22.5 Å². The molecule has 0 N–H and O–H groups in total. The molecule has 5 nitrogen and oxygen atoms in total. The lowest BCUT2D eigenvalue weighted by Gasteiger charge is -2.27. The molecule has 0 saturated heterocycles. The first-order valence-electron chi connectivity index (χ1n) is 11.3. The van der Waals surface area contributed by atoms with Gasteiger partial charge in [0, 0.05) is 6.04 Å². The molecular weight excluding hydrogens is 429 g/mol. The highest BCUT2D eigenvalue weighted by Crippen LogP contribution is 2.32. The summed E-state index contributed by atoms with van der Waals surface area (Å²) in [6, 6.07) is 23.4. The number of aromatic nitrogens is 2. The molecule has 0 saturated carbocycles. The monoisotopic (exact) mass is 457 g/mol. The Morgan fingerprint density at radius 3 is 2.38 bits per heavy atom. The van der Waals surface area contributed by atoms with Gasteiger partial charge in [0.1, 0.15) is 11.6 Å². The van der Waals surface area contributed by atoms with Crippen molar-refractivity contribution in [2.75, 3.05) is 0 Å². The zero-order valence-electron chi connectivity index (χ0n) is 19.8. The number of nitrogens with zero attached hydrogens (tertiary/aromatic N) is 3. The molecule has 0 atom stereocenters. The van der Waals surface area contributed by atoms with Crippen LogP contribution < -0.4 is 4.74 Å². The van der Waals surface area contributed by atoms with Crippen LogP contribution in [0.4, 0.5) is 4.39 Å². The second kappa shape index (κ2) is 9.91. The fourth-order valence-electron chi connectivity index (χ4n) is 3.81. The number of carbonyl (C=O) groups is 1. The van der Waals surface area contributed by atoms with Gasteiger partial charge in [-0.2, -0.15) is 5.10 Å². The van der Waals surface area contributed by atoms with Crippen LogP contribution in [0.1, 0.15) is 41.0 Å². The molecule has 4 aromatic rings. The summed E-state index contributed by atoms with van der Waals surface area (Å²) in [6.07, 6.45) is 0. The van der Waals surface area contributed by atoms with Gasteiger partial charge in [-0.3, -0.25) is 4.79 Å². The predicted molar refractivity (Wildman–Crippen MR) is 131 cm³/mol. The van der Waals surface area contributed by atoms with E-state index in [1.807, 2.05) is 82.3 Å². The number of amides is 1. The second-order valence-electron chi connectivity index (χ2n) is 8.54. The zero-order valence-corrected chi connectivity index (χ0v) is 19.8. The molecule has 4 rings (SSSR count). The van der Waals surface area contributed by atoms with Crippen molar-refractivity contribution in [1.29, 1.82) is 0 Å². The van der Waals surface area contributed by atoms with Gasteiger partial charge in [-0.05, 0) is 69.7 Å². The van der Waals surface area contributed by atoms with Crippen molar-refractivity contribution in [2.45, 2.75) is 40.3 Å². The minimum Gasteiger partial charge on any atom is -0.439 e. The van der Waals surface area contributed by atoms with Crippen LogP contribution in [-0.2, 0) is 6.54 Å². The largest absolute Gasteiger partial charge is 0.439 e. The minimum atomic E-state index is -0.536. The van der Waals surface area contributed by atoms with Crippen LogP contribution in [-0.4, -0.2) is 26.6 Å². The standard InChI is InChI=1S/C28H28FN3O2/c1-19(2)31(27(33)24-15-8-9-16-26(24)29)18-25-21(4)30-32(22-12-6-5-7-13-22)28(25)34-23-14-10-11-20(3)17-23/h5-17,19H,18H2,1-4H3. The summed E-state index contributed by atoms with van der Waals surface area (Å²) in [5.74, 6) is 0.295. The van der Waals surface area contributed by atoms with Crippen LogP contribution in [0, 0.1) is 19.7 Å². The third kappa shape index (κ3) is 4.86. The third-order valence-electron chi connectivity index (χ3n) is 5.66. The van der Waals surface area contributed by atoms with Crippen LogP contribution in [0.15, 0.2) is 78.9 Å². The second-order valence-corrected chi connectivity index (χ2v) is 8.54. The first kappa shape index (κ1) is 23.2. The van der Waals surface area contributed by atoms with Gasteiger partial charge < -0.3 is 9.64 Å². The van der Waals surface area contributed by atoms with Crippen molar-refractivity contribution in [1.82, 2.24) is 14.7 Å². The maximum Gasteiger partial charge on any atom is 0.257 e. The Kier molecular flexibility index (Phi) is 6.77. The third-order valence-corrected chi connectivity index (χ3v) is 5.66. The Bertz CT molecular complexity index is 1300. The maximum absolute atomic E-state index is 14.4. The fraction of sp³-hybridized carbons (Fsp3) is 0.214. The van der Waals surface area contributed by atoms with Gasteiger partial charge in [-0.15, -0.1) is 0 Å². The van der Waals surface area contributed by atoms with Crippen molar-refractivity contribution >= 4 is 5.91 Å². The number of carbonyl (C=O) groups excluding carboxylic acids is 1. The molecule has 0 aliphatic heterocycles. The number of halogens is 1. The van der Waals surface area contributed by atoms with E-state index in [1.165, 1.54) is 12.1 Å². The van der Waals surface area contributed by atoms with E-state index in [1.54, 1.807) is 21.7 Å². The molecule has 1 aromatic heterocycles. The minimum absolute atomic E-state index is 0.0467. The van der Waals surface area contributed by atoms with E-state index in [4.69, 9.17) is 9.84 Å². The Morgan fingerprint density at radius 1 is 1.00 bits per heavy atom. The van der Waals surface area contributed by atoms with Crippen LogP contribution >= 0.6 is 0 Å². The molecule has 0 aliphatic rings. The Balaban J connectivity index is 1.79. The fourth-order valence-corrected chi connectivity index (χ4v) is 3.81. The molecule has 1 amide bonds. The molecule has 3 aromatic carbocycles. The van der Waals surface area contributed by atoms with Crippen LogP contribution in [0.2, 0.25) is 0 Å². The Labute approximate surface area is 199 Å². The topological polar surface area (TPSA) is 47.4 Å². The number of para-hydroxylation sites is 1. The molecule has 1 heterocycles. The summed E-state index contributed by atoms with van der Waals surface area (Å²) in [6.45, 7) is 7.95. The van der Waals surface area contributed by atoms with Gasteiger partial charge in [0.05, 0.1) is 29.1 Å².